The third-order valence-electron chi connectivity index (χ3n) is 3.62. The van der Waals surface area contributed by atoms with Gasteiger partial charge in [0.25, 0.3) is 5.91 Å². The Kier molecular flexibility index (Phi) is 4.60. The first-order valence-corrected chi connectivity index (χ1v) is 8.50. The normalized spacial score (nSPS) is 15.0. The Bertz CT molecular complexity index is 804. The Labute approximate surface area is 151 Å². The molecule has 2 aromatic rings. The lowest BCUT2D eigenvalue weighted by Crippen LogP contribution is -2.44. The minimum atomic E-state index is -0.942. The van der Waals surface area contributed by atoms with Gasteiger partial charge in [0.2, 0.25) is 0 Å². The lowest BCUT2D eigenvalue weighted by molar-refractivity contribution is -0.146. The molecule has 1 aliphatic rings. The molecule has 0 aliphatic heterocycles. The number of amides is 1. The number of hydrogen-bond acceptors (Lipinski definition) is 5. The number of rotatable bonds is 5. The highest BCUT2D eigenvalue weighted by Gasteiger charge is 2.53. The average Bonchev–Trinajstić information content (AvgIpc) is 3.22. The molecule has 0 bridgehead atoms. The molecule has 24 heavy (non-hydrogen) atoms. The zero-order valence-electron chi connectivity index (χ0n) is 12.8. The van der Waals surface area contributed by atoms with E-state index in [2.05, 4.69) is 31.3 Å². The van der Waals surface area contributed by atoms with Crippen LogP contribution in [-0.2, 0) is 9.53 Å². The molecule has 7 nitrogen and oxygen atoms in total. The van der Waals surface area contributed by atoms with Crippen LogP contribution in [0.4, 0.5) is 0 Å². The number of ether oxygens (including phenoxy) is 1. The highest BCUT2D eigenvalue weighted by molar-refractivity contribution is 9.10. The number of nitrogens with zero attached hydrogens (tertiary/aromatic N) is 3. The molecule has 3 rings (SSSR count). The van der Waals surface area contributed by atoms with E-state index in [1.807, 2.05) is 0 Å². The summed E-state index contributed by atoms with van der Waals surface area (Å²) >= 11 is 9.39. The van der Waals surface area contributed by atoms with Crippen LogP contribution in [-0.4, -0.2) is 38.8 Å². The van der Waals surface area contributed by atoms with Gasteiger partial charge in [-0.2, -0.15) is 5.10 Å². The average molecular weight is 414 g/mol. The molecule has 0 spiro atoms. The van der Waals surface area contributed by atoms with Gasteiger partial charge in [0.15, 0.2) is 5.82 Å². The van der Waals surface area contributed by atoms with E-state index in [1.165, 1.54) is 4.68 Å². The summed E-state index contributed by atoms with van der Waals surface area (Å²) in [6, 6.07) is 4.88. The second-order valence-corrected chi connectivity index (χ2v) is 6.55. The highest BCUT2D eigenvalue weighted by Crippen LogP contribution is 2.37. The summed E-state index contributed by atoms with van der Waals surface area (Å²) in [4.78, 5) is 28.8. The largest absolute Gasteiger partial charge is 0.464 e. The van der Waals surface area contributed by atoms with Crippen molar-refractivity contribution in [2.45, 2.75) is 25.3 Å². The molecule has 1 amide bonds. The minimum Gasteiger partial charge on any atom is -0.464 e. The smallest absolute Gasteiger partial charge is 0.331 e. The predicted octanol–water partition coefficient (Wildman–Crippen LogP) is 2.51. The van der Waals surface area contributed by atoms with E-state index in [1.54, 1.807) is 31.3 Å². The number of carbonyl (C=O) groups excluding carboxylic acids is 2. The van der Waals surface area contributed by atoms with Crippen LogP contribution in [0.1, 0.15) is 30.3 Å². The van der Waals surface area contributed by atoms with Gasteiger partial charge in [0.05, 0.1) is 11.6 Å². The van der Waals surface area contributed by atoms with Crippen molar-refractivity contribution in [1.29, 1.82) is 0 Å². The number of halogens is 2. The second kappa shape index (κ2) is 6.52. The quantitative estimate of drug-likeness (QED) is 0.761. The topological polar surface area (TPSA) is 86.1 Å². The van der Waals surface area contributed by atoms with Crippen molar-refractivity contribution in [2.75, 3.05) is 6.61 Å². The van der Waals surface area contributed by atoms with E-state index in [-0.39, 0.29) is 12.3 Å². The fourth-order valence-electron chi connectivity index (χ4n) is 2.26. The van der Waals surface area contributed by atoms with Gasteiger partial charge in [-0.05, 0) is 47.8 Å². The Morgan fingerprint density at radius 3 is 2.88 bits per heavy atom. The summed E-state index contributed by atoms with van der Waals surface area (Å²) in [5.74, 6) is -0.532. The van der Waals surface area contributed by atoms with Gasteiger partial charge in [-0.1, -0.05) is 11.6 Å². The van der Waals surface area contributed by atoms with Crippen molar-refractivity contribution in [3.8, 4) is 5.82 Å². The Hall–Kier alpha value is -1.93. The van der Waals surface area contributed by atoms with Crippen LogP contribution in [0.2, 0.25) is 5.02 Å². The van der Waals surface area contributed by atoms with Crippen molar-refractivity contribution >= 4 is 39.4 Å². The highest BCUT2D eigenvalue weighted by atomic mass is 79.9. The van der Waals surface area contributed by atoms with E-state index in [4.69, 9.17) is 16.3 Å². The molecule has 0 aromatic carbocycles. The monoisotopic (exact) mass is 412 g/mol. The summed E-state index contributed by atoms with van der Waals surface area (Å²) in [6.45, 7) is 1.99. The molecule has 0 radical (unpaired) electrons. The van der Waals surface area contributed by atoms with Crippen LogP contribution in [0.15, 0.2) is 29.0 Å². The lowest BCUT2D eigenvalue weighted by atomic mass is 10.2. The molecule has 2 heterocycles. The molecule has 2 aromatic heterocycles. The fraction of sp³-hybridized carbons (Fsp3) is 0.333. The maximum atomic E-state index is 12.7. The van der Waals surface area contributed by atoms with Gasteiger partial charge in [0.1, 0.15) is 15.8 Å². The molecule has 1 aliphatic carbocycles. The summed E-state index contributed by atoms with van der Waals surface area (Å²) in [7, 11) is 0. The molecule has 0 atom stereocenters. The van der Waals surface area contributed by atoms with Crippen molar-refractivity contribution < 1.29 is 14.3 Å². The number of carbonyl (C=O) groups is 2. The van der Waals surface area contributed by atoms with E-state index >= 15 is 0 Å². The molecule has 1 saturated carbocycles. The number of hydrogen-bond donors (Lipinski definition) is 1. The molecular weight excluding hydrogens is 400 g/mol. The van der Waals surface area contributed by atoms with Gasteiger partial charge in [0, 0.05) is 12.3 Å². The zero-order valence-corrected chi connectivity index (χ0v) is 15.1. The Balaban J connectivity index is 1.89. The number of pyridine rings is 1. The minimum absolute atomic E-state index is 0.220. The number of aromatic nitrogens is 3. The van der Waals surface area contributed by atoms with Gasteiger partial charge < -0.3 is 10.1 Å². The molecular formula is C15H14BrClN4O3. The number of nitrogens with one attached hydrogen (secondary N) is 1. The van der Waals surface area contributed by atoms with Crippen molar-refractivity contribution in [1.82, 2.24) is 20.1 Å². The molecule has 9 heteroatoms. The van der Waals surface area contributed by atoms with Crippen LogP contribution in [0.25, 0.3) is 5.82 Å². The Morgan fingerprint density at radius 1 is 1.50 bits per heavy atom. The first kappa shape index (κ1) is 16.9. The van der Waals surface area contributed by atoms with Crippen molar-refractivity contribution in [3.05, 3.63) is 39.7 Å². The summed E-state index contributed by atoms with van der Waals surface area (Å²) in [5, 5.41) is 7.30. The van der Waals surface area contributed by atoms with Crippen LogP contribution in [0.5, 0.6) is 0 Å². The maximum absolute atomic E-state index is 12.7. The fourth-order valence-corrected chi connectivity index (χ4v) is 2.84. The van der Waals surface area contributed by atoms with Crippen LogP contribution < -0.4 is 5.32 Å². The van der Waals surface area contributed by atoms with E-state index in [0.717, 1.165) is 0 Å². The summed E-state index contributed by atoms with van der Waals surface area (Å²) < 4.78 is 6.82. The van der Waals surface area contributed by atoms with E-state index in [9.17, 15) is 9.59 Å². The van der Waals surface area contributed by atoms with Gasteiger partial charge in [-0.15, -0.1) is 0 Å². The number of esters is 1. The first-order valence-electron chi connectivity index (χ1n) is 7.33. The van der Waals surface area contributed by atoms with E-state index < -0.39 is 17.4 Å². The SMILES string of the molecule is CCOC(=O)C1(NC(=O)c2cc(Br)nn2-c2ncccc2Cl)CC1. The third-order valence-corrected chi connectivity index (χ3v) is 4.30. The first-order chi connectivity index (χ1) is 11.5. The molecule has 126 valence electrons. The van der Waals surface area contributed by atoms with E-state index in [0.29, 0.717) is 28.3 Å². The summed E-state index contributed by atoms with van der Waals surface area (Å²) in [6.07, 6.45) is 2.66. The summed E-state index contributed by atoms with van der Waals surface area (Å²) in [5.41, 5.74) is -0.721. The third kappa shape index (κ3) is 3.16. The van der Waals surface area contributed by atoms with Gasteiger partial charge in [-0.25, -0.2) is 14.5 Å². The standard InChI is InChI=1S/C15H14BrClN4O3/c1-2-24-14(23)15(5-6-15)19-13(22)10-8-11(16)20-21(10)12-9(17)4-3-7-18-12/h3-4,7-8H,2,5-6H2,1H3,(H,19,22). The van der Waals surface area contributed by atoms with Crippen LogP contribution >= 0.6 is 27.5 Å². The zero-order chi connectivity index (χ0) is 17.3. The van der Waals surface area contributed by atoms with Crippen LogP contribution in [0.3, 0.4) is 0 Å². The molecule has 0 saturated heterocycles. The maximum Gasteiger partial charge on any atom is 0.331 e. The molecule has 1 fully saturated rings. The van der Waals surface area contributed by atoms with Crippen molar-refractivity contribution in [2.24, 2.45) is 0 Å². The van der Waals surface area contributed by atoms with Gasteiger partial charge in [-0.3, -0.25) is 4.79 Å². The predicted molar refractivity (Wildman–Crippen MR) is 90.1 cm³/mol. The molecule has 1 N–H and O–H groups in total. The van der Waals surface area contributed by atoms with Crippen LogP contribution in [0, 0.1) is 0 Å². The lowest BCUT2D eigenvalue weighted by Gasteiger charge is -2.16. The van der Waals surface area contributed by atoms with Crippen molar-refractivity contribution in [3.63, 3.8) is 0 Å². The second-order valence-electron chi connectivity index (χ2n) is 5.33. The Morgan fingerprint density at radius 2 is 2.25 bits per heavy atom. The van der Waals surface area contributed by atoms with Gasteiger partial charge >= 0.3 is 5.97 Å². The molecule has 0 unspecified atom stereocenters.